The van der Waals surface area contributed by atoms with Crippen molar-refractivity contribution >= 4 is 5.97 Å². The highest BCUT2D eigenvalue weighted by Crippen LogP contribution is 2.19. The van der Waals surface area contributed by atoms with E-state index >= 15 is 0 Å². The standard InChI is InChI=1S/C11H10N2O3/c1-7-4-2-3-5-8(7)11-12-9(16-13-11)6-10(14)15/h2-5H,6H2,1H3,(H,14,15). The first-order valence-electron chi connectivity index (χ1n) is 4.77. The molecule has 0 saturated carbocycles. The van der Waals surface area contributed by atoms with E-state index < -0.39 is 5.97 Å². The zero-order valence-corrected chi connectivity index (χ0v) is 8.67. The Hall–Kier alpha value is -2.17. The van der Waals surface area contributed by atoms with Gasteiger partial charge in [0.05, 0.1) is 0 Å². The van der Waals surface area contributed by atoms with Crippen LogP contribution < -0.4 is 0 Å². The first kappa shape index (κ1) is 10.4. The number of aromatic nitrogens is 2. The molecule has 0 aliphatic carbocycles. The average Bonchev–Trinajstić information content (AvgIpc) is 2.66. The van der Waals surface area contributed by atoms with Crippen molar-refractivity contribution < 1.29 is 14.4 Å². The minimum atomic E-state index is -0.986. The third kappa shape index (κ3) is 2.08. The maximum absolute atomic E-state index is 10.5. The molecular formula is C11H10N2O3. The van der Waals surface area contributed by atoms with Crippen LogP contribution in [0.15, 0.2) is 28.8 Å². The minimum Gasteiger partial charge on any atom is -0.481 e. The Morgan fingerprint density at radius 3 is 2.88 bits per heavy atom. The van der Waals surface area contributed by atoms with Crippen molar-refractivity contribution in [2.75, 3.05) is 0 Å². The van der Waals surface area contributed by atoms with Crippen LogP contribution in [0.5, 0.6) is 0 Å². The molecule has 0 bridgehead atoms. The molecule has 5 nitrogen and oxygen atoms in total. The van der Waals surface area contributed by atoms with Gasteiger partial charge in [-0.25, -0.2) is 0 Å². The van der Waals surface area contributed by atoms with Gasteiger partial charge >= 0.3 is 5.97 Å². The third-order valence-corrected chi connectivity index (χ3v) is 2.16. The second-order valence-electron chi connectivity index (χ2n) is 3.40. The predicted octanol–water partition coefficient (Wildman–Crippen LogP) is 1.67. The highest BCUT2D eigenvalue weighted by molar-refractivity contribution is 5.69. The summed E-state index contributed by atoms with van der Waals surface area (Å²) in [7, 11) is 0. The van der Waals surface area contributed by atoms with Crippen LogP contribution >= 0.6 is 0 Å². The van der Waals surface area contributed by atoms with Crippen LogP contribution in [0.25, 0.3) is 11.4 Å². The molecule has 0 amide bonds. The topological polar surface area (TPSA) is 76.2 Å². The lowest BCUT2D eigenvalue weighted by molar-refractivity contribution is -0.136. The van der Waals surface area contributed by atoms with Crippen LogP contribution in [0.4, 0.5) is 0 Å². The second-order valence-corrected chi connectivity index (χ2v) is 3.40. The summed E-state index contributed by atoms with van der Waals surface area (Å²) >= 11 is 0. The Kier molecular flexibility index (Phi) is 2.68. The summed E-state index contributed by atoms with van der Waals surface area (Å²) in [6.07, 6.45) is -0.251. The summed E-state index contributed by atoms with van der Waals surface area (Å²) in [6, 6.07) is 7.58. The molecule has 0 fully saturated rings. The van der Waals surface area contributed by atoms with Crippen molar-refractivity contribution in [3.63, 3.8) is 0 Å². The van der Waals surface area contributed by atoms with Crippen molar-refractivity contribution in [3.8, 4) is 11.4 Å². The van der Waals surface area contributed by atoms with Crippen LogP contribution in [0.1, 0.15) is 11.5 Å². The van der Waals surface area contributed by atoms with E-state index in [0.717, 1.165) is 11.1 Å². The maximum atomic E-state index is 10.5. The van der Waals surface area contributed by atoms with Gasteiger partial charge in [0, 0.05) is 5.56 Å². The van der Waals surface area contributed by atoms with E-state index in [0.29, 0.717) is 5.82 Å². The summed E-state index contributed by atoms with van der Waals surface area (Å²) in [5.74, 6) is -0.444. The largest absolute Gasteiger partial charge is 0.481 e. The molecule has 0 aliphatic rings. The summed E-state index contributed by atoms with van der Waals surface area (Å²) in [5.41, 5.74) is 1.87. The Morgan fingerprint density at radius 2 is 2.19 bits per heavy atom. The molecular weight excluding hydrogens is 208 g/mol. The smallest absolute Gasteiger partial charge is 0.312 e. The monoisotopic (exact) mass is 218 g/mol. The van der Waals surface area contributed by atoms with Crippen molar-refractivity contribution in [1.29, 1.82) is 0 Å². The van der Waals surface area contributed by atoms with Crippen LogP contribution in [-0.4, -0.2) is 21.2 Å². The molecule has 0 radical (unpaired) electrons. The van der Waals surface area contributed by atoms with Crippen LogP contribution in [0.3, 0.4) is 0 Å². The summed E-state index contributed by atoms with van der Waals surface area (Å²) < 4.78 is 4.84. The van der Waals surface area contributed by atoms with Gasteiger partial charge < -0.3 is 9.63 Å². The van der Waals surface area contributed by atoms with Gasteiger partial charge in [0.15, 0.2) is 0 Å². The van der Waals surface area contributed by atoms with Gasteiger partial charge in [0.1, 0.15) is 6.42 Å². The van der Waals surface area contributed by atoms with E-state index in [2.05, 4.69) is 10.1 Å². The van der Waals surface area contributed by atoms with E-state index in [4.69, 9.17) is 9.63 Å². The number of rotatable bonds is 3. The first-order chi connectivity index (χ1) is 7.66. The zero-order chi connectivity index (χ0) is 11.5. The SMILES string of the molecule is Cc1ccccc1-c1noc(CC(=O)O)n1. The lowest BCUT2D eigenvalue weighted by Gasteiger charge is -1.97. The van der Waals surface area contributed by atoms with E-state index in [1.807, 2.05) is 31.2 Å². The fraction of sp³-hybridized carbons (Fsp3) is 0.182. The quantitative estimate of drug-likeness (QED) is 0.847. The van der Waals surface area contributed by atoms with Gasteiger partial charge in [-0.1, -0.05) is 29.4 Å². The number of carboxylic acid groups (broad SMARTS) is 1. The highest BCUT2D eigenvalue weighted by atomic mass is 16.5. The summed E-state index contributed by atoms with van der Waals surface area (Å²) in [6.45, 7) is 1.93. The molecule has 82 valence electrons. The first-order valence-corrected chi connectivity index (χ1v) is 4.77. The predicted molar refractivity (Wildman–Crippen MR) is 55.8 cm³/mol. The normalized spacial score (nSPS) is 10.3. The number of nitrogens with zero attached hydrogens (tertiary/aromatic N) is 2. The lowest BCUT2D eigenvalue weighted by atomic mass is 10.1. The molecule has 0 atom stereocenters. The average molecular weight is 218 g/mol. The molecule has 0 unspecified atom stereocenters. The number of aliphatic carboxylic acids is 1. The number of benzene rings is 1. The zero-order valence-electron chi connectivity index (χ0n) is 8.67. The van der Waals surface area contributed by atoms with E-state index in [1.165, 1.54) is 0 Å². The molecule has 1 heterocycles. The minimum absolute atomic E-state index is 0.116. The summed E-state index contributed by atoms with van der Waals surface area (Å²) in [4.78, 5) is 14.5. The van der Waals surface area contributed by atoms with Gasteiger partial charge in [-0.2, -0.15) is 4.98 Å². The molecule has 1 aromatic heterocycles. The third-order valence-electron chi connectivity index (χ3n) is 2.16. The molecule has 1 aromatic carbocycles. The van der Waals surface area contributed by atoms with E-state index in [9.17, 15) is 4.79 Å². The molecule has 5 heteroatoms. The van der Waals surface area contributed by atoms with Gasteiger partial charge in [-0.3, -0.25) is 4.79 Å². The fourth-order valence-electron chi connectivity index (χ4n) is 1.39. The number of carboxylic acids is 1. The number of hydrogen-bond donors (Lipinski definition) is 1. The van der Waals surface area contributed by atoms with E-state index in [-0.39, 0.29) is 12.3 Å². The number of carbonyl (C=O) groups is 1. The van der Waals surface area contributed by atoms with Gasteiger partial charge in [-0.15, -0.1) is 0 Å². The molecule has 16 heavy (non-hydrogen) atoms. The lowest BCUT2D eigenvalue weighted by Crippen LogP contribution is -1.99. The van der Waals surface area contributed by atoms with Gasteiger partial charge in [-0.05, 0) is 12.5 Å². The molecule has 1 N–H and O–H groups in total. The fourth-order valence-corrected chi connectivity index (χ4v) is 1.39. The second kappa shape index (κ2) is 4.14. The summed E-state index contributed by atoms with van der Waals surface area (Å²) in [5, 5.41) is 12.3. The molecule has 2 aromatic rings. The van der Waals surface area contributed by atoms with Crippen LogP contribution in [-0.2, 0) is 11.2 Å². The van der Waals surface area contributed by atoms with E-state index in [1.54, 1.807) is 0 Å². The Bertz CT molecular complexity index is 519. The Labute approximate surface area is 91.7 Å². The van der Waals surface area contributed by atoms with Crippen LogP contribution in [0.2, 0.25) is 0 Å². The van der Waals surface area contributed by atoms with Crippen molar-refractivity contribution in [2.24, 2.45) is 0 Å². The maximum Gasteiger partial charge on any atom is 0.312 e. The molecule has 2 rings (SSSR count). The number of aryl methyl sites for hydroxylation is 1. The number of hydrogen-bond acceptors (Lipinski definition) is 4. The van der Waals surface area contributed by atoms with Crippen molar-refractivity contribution in [3.05, 3.63) is 35.7 Å². The van der Waals surface area contributed by atoms with Crippen LogP contribution in [0, 0.1) is 6.92 Å². The van der Waals surface area contributed by atoms with Gasteiger partial charge in [0.25, 0.3) is 0 Å². The van der Waals surface area contributed by atoms with Gasteiger partial charge in [0.2, 0.25) is 11.7 Å². The molecule has 0 saturated heterocycles. The highest BCUT2D eigenvalue weighted by Gasteiger charge is 2.12. The van der Waals surface area contributed by atoms with Crippen molar-refractivity contribution in [1.82, 2.24) is 10.1 Å². The Balaban J connectivity index is 2.32. The Morgan fingerprint density at radius 1 is 1.44 bits per heavy atom. The molecule has 0 aliphatic heterocycles. The van der Waals surface area contributed by atoms with Crippen molar-refractivity contribution in [2.45, 2.75) is 13.3 Å². The molecule has 0 spiro atoms.